The number of anilines is 1. The van der Waals surface area contributed by atoms with E-state index in [9.17, 15) is 36.5 Å². The average Bonchev–Trinajstić information content (AvgIpc) is 2.54. The largest absolute Gasteiger partial charge is 0.416 e. The first-order valence-corrected chi connectivity index (χ1v) is 6.34. The zero-order valence-corrected chi connectivity index (χ0v) is 12.1. The number of hydrogen-bond acceptors (Lipinski definition) is 4. The number of nitrogens with zero attached hydrogens (tertiary/aromatic N) is 1. The SMILES string of the molecule is O=[N+]([O-])c1cccc(C(F)(F)F)c1.ONc1cccc(C(F)(F)F)c1. The Morgan fingerprint density at radius 2 is 1.36 bits per heavy atom. The van der Waals surface area contributed by atoms with Gasteiger partial charge in [-0.15, -0.1) is 0 Å². The number of nitrogens with one attached hydrogen (secondary N) is 1. The molecule has 136 valence electrons. The number of halogens is 6. The Hall–Kier alpha value is -2.82. The zero-order valence-electron chi connectivity index (χ0n) is 12.1. The van der Waals surface area contributed by atoms with Crippen LogP contribution in [-0.2, 0) is 12.4 Å². The van der Waals surface area contributed by atoms with Gasteiger partial charge >= 0.3 is 12.4 Å². The van der Waals surface area contributed by atoms with E-state index in [0.717, 1.165) is 30.3 Å². The number of rotatable bonds is 2. The lowest BCUT2D eigenvalue weighted by Crippen LogP contribution is -2.05. The summed E-state index contributed by atoms with van der Waals surface area (Å²) in [6, 6.07) is 7.58. The van der Waals surface area contributed by atoms with Crippen molar-refractivity contribution in [2.45, 2.75) is 12.4 Å². The zero-order chi connectivity index (χ0) is 19.3. The fourth-order valence-corrected chi connectivity index (χ4v) is 1.56. The molecule has 0 atom stereocenters. The van der Waals surface area contributed by atoms with Gasteiger partial charge in [0.1, 0.15) is 0 Å². The van der Waals surface area contributed by atoms with Crippen LogP contribution >= 0.6 is 0 Å². The van der Waals surface area contributed by atoms with E-state index in [1.54, 1.807) is 5.48 Å². The molecule has 0 aromatic heterocycles. The summed E-state index contributed by atoms with van der Waals surface area (Å²) in [4.78, 5) is 9.25. The molecule has 0 heterocycles. The van der Waals surface area contributed by atoms with Gasteiger partial charge in [-0.3, -0.25) is 20.8 Å². The molecule has 2 aromatic rings. The smallest absolute Gasteiger partial charge is 0.291 e. The molecule has 0 fully saturated rings. The van der Waals surface area contributed by atoms with E-state index in [1.807, 2.05) is 0 Å². The summed E-state index contributed by atoms with van der Waals surface area (Å²) < 4.78 is 72.0. The van der Waals surface area contributed by atoms with Gasteiger partial charge in [-0.25, -0.2) is 0 Å². The van der Waals surface area contributed by atoms with Crippen molar-refractivity contribution in [1.29, 1.82) is 0 Å². The van der Waals surface area contributed by atoms with Crippen molar-refractivity contribution in [1.82, 2.24) is 0 Å². The second kappa shape index (κ2) is 7.83. The molecule has 0 amide bonds. The predicted molar refractivity (Wildman–Crippen MR) is 75.0 cm³/mol. The van der Waals surface area contributed by atoms with Crippen LogP contribution in [-0.4, -0.2) is 10.1 Å². The molecular formula is C14H10F6N2O3. The van der Waals surface area contributed by atoms with E-state index in [0.29, 0.717) is 6.07 Å². The van der Waals surface area contributed by atoms with Gasteiger partial charge < -0.3 is 0 Å². The van der Waals surface area contributed by atoms with E-state index in [1.165, 1.54) is 12.1 Å². The number of hydrogen-bond donors (Lipinski definition) is 2. The average molecular weight is 368 g/mol. The molecule has 0 saturated heterocycles. The summed E-state index contributed by atoms with van der Waals surface area (Å²) in [5, 5.41) is 18.4. The van der Waals surface area contributed by atoms with Crippen molar-refractivity contribution in [2.75, 3.05) is 5.48 Å². The Bertz CT molecular complexity index is 731. The van der Waals surface area contributed by atoms with E-state index >= 15 is 0 Å². The molecule has 5 nitrogen and oxygen atoms in total. The minimum Gasteiger partial charge on any atom is -0.291 e. The normalized spacial score (nSPS) is 11.3. The highest BCUT2D eigenvalue weighted by Gasteiger charge is 2.31. The Balaban J connectivity index is 0.000000251. The van der Waals surface area contributed by atoms with Gasteiger partial charge in [-0.05, 0) is 24.3 Å². The summed E-state index contributed by atoms with van der Waals surface area (Å²) in [5.41, 5.74) is -0.705. The lowest BCUT2D eigenvalue weighted by molar-refractivity contribution is -0.385. The fraction of sp³-hybridized carbons (Fsp3) is 0.143. The van der Waals surface area contributed by atoms with Crippen molar-refractivity contribution in [3.63, 3.8) is 0 Å². The van der Waals surface area contributed by atoms with Gasteiger partial charge in [-0.2, -0.15) is 26.3 Å². The molecule has 2 rings (SSSR count). The van der Waals surface area contributed by atoms with Crippen LogP contribution < -0.4 is 5.48 Å². The number of alkyl halides is 6. The van der Waals surface area contributed by atoms with Crippen molar-refractivity contribution in [3.05, 3.63) is 69.8 Å². The van der Waals surface area contributed by atoms with Crippen LogP contribution in [0.15, 0.2) is 48.5 Å². The minimum absolute atomic E-state index is 0.0184. The number of nitro groups is 1. The summed E-state index contributed by atoms with van der Waals surface area (Å²) in [7, 11) is 0. The third-order valence-electron chi connectivity index (χ3n) is 2.70. The van der Waals surface area contributed by atoms with Gasteiger partial charge in [-0.1, -0.05) is 12.1 Å². The highest BCUT2D eigenvalue weighted by molar-refractivity contribution is 5.44. The van der Waals surface area contributed by atoms with Crippen LogP contribution in [0.2, 0.25) is 0 Å². The van der Waals surface area contributed by atoms with Gasteiger partial charge in [0.25, 0.3) is 5.69 Å². The topological polar surface area (TPSA) is 75.4 Å². The van der Waals surface area contributed by atoms with Crippen LogP contribution in [0.4, 0.5) is 37.7 Å². The highest BCUT2D eigenvalue weighted by Crippen LogP contribution is 2.31. The second-order valence-corrected chi connectivity index (χ2v) is 4.50. The van der Waals surface area contributed by atoms with Gasteiger partial charge in [0.15, 0.2) is 0 Å². The summed E-state index contributed by atoms with van der Waals surface area (Å²) in [6.07, 6.45) is -8.90. The van der Waals surface area contributed by atoms with E-state index in [4.69, 9.17) is 5.21 Å². The molecule has 25 heavy (non-hydrogen) atoms. The Morgan fingerprint density at radius 1 is 0.880 bits per heavy atom. The molecule has 11 heteroatoms. The first-order chi connectivity index (χ1) is 11.4. The first kappa shape index (κ1) is 20.2. The molecular weight excluding hydrogens is 358 g/mol. The summed E-state index contributed by atoms with van der Waals surface area (Å²) in [6.45, 7) is 0. The highest BCUT2D eigenvalue weighted by atomic mass is 19.4. The predicted octanol–water partition coefficient (Wildman–Crippen LogP) is 5.12. The Kier molecular flexibility index (Phi) is 6.34. The van der Waals surface area contributed by atoms with Gasteiger partial charge in [0.2, 0.25) is 0 Å². The summed E-state index contributed by atoms with van der Waals surface area (Å²) in [5.74, 6) is 0. The maximum absolute atomic E-state index is 12.0. The van der Waals surface area contributed by atoms with Crippen molar-refractivity contribution >= 4 is 11.4 Å². The molecule has 2 N–H and O–H groups in total. The molecule has 0 unspecified atom stereocenters. The second-order valence-electron chi connectivity index (χ2n) is 4.50. The standard InChI is InChI=1S/C7H4F3NO2.C7H6F3NO/c8-7(9,10)5-2-1-3-6(4-5)11(12)13;8-7(9,10)5-2-1-3-6(4-5)11-12/h1-4H;1-4,11-12H. The van der Waals surface area contributed by atoms with E-state index < -0.39 is 34.1 Å². The molecule has 0 aliphatic rings. The fourth-order valence-electron chi connectivity index (χ4n) is 1.56. The molecule has 0 aliphatic carbocycles. The molecule has 0 aliphatic heterocycles. The molecule has 0 spiro atoms. The third-order valence-corrected chi connectivity index (χ3v) is 2.70. The van der Waals surface area contributed by atoms with Crippen LogP contribution in [0.1, 0.15) is 11.1 Å². The van der Waals surface area contributed by atoms with Crippen molar-refractivity contribution in [3.8, 4) is 0 Å². The van der Waals surface area contributed by atoms with E-state index in [-0.39, 0.29) is 5.69 Å². The number of non-ortho nitro benzene ring substituents is 1. The van der Waals surface area contributed by atoms with Crippen molar-refractivity contribution in [2.24, 2.45) is 0 Å². The van der Waals surface area contributed by atoms with Crippen LogP contribution in [0.5, 0.6) is 0 Å². The van der Waals surface area contributed by atoms with Crippen LogP contribution in [0, 0.1) is 10.1 Å². The maximum atomic E-state index is 12.0. The van der Waals surface area contributed by atoms with Crippen LogP contribution in [0.3, 0.4) is 0 Å². The number of benzene rings is 2. The van der Waals surface area contributed by atoms with E-state index in [2.05, 4.69) is 0 Å². The Labute approximate surface area is 136 Å². The molecule has 0 radical (unpaired) electrons. The molecule has 0 bridgehead atoms. The quantitative estimate of drug-likeness (QED) is 0.438. The maximum Gasteiger partial charge on any atom is 0.416 e. The summed E-state index contributed by atoms with van der Waals surface area (Å²) >= 11 is 0. The minimum atomic E-state index is -4.54. The van der Waals surface area contributed by atoms with Crippen LogP contribution in [0.25, 0.3) is 0 Å². The third kappa shape index (κ3) is 6.30. The van der Waals surface area contributed by atoms with Gasteiger partial charge in [0.05, 0.1) is 21.7 Å². The number of nitro benzene ring substituents is 1. The lowest BCUT2D eigenvalue weighted by atomic mass is 10.2. The van der Waals surface area contributed by atoms with Crippen molar-refractivity contribution < 1.29 is 36.5 Å². The monoisotopic (exact) mass is 368 g/mol. The Morgan fingerprint density at radius 3 is 1.80 bits per heavy atom. The molecule has 2 aromatic carbocycles. The van der Waals surface area contributed by atoms with Gasteiger partial charge in [0, 0.05) is 12.1 Å². The first-order valence-electron chi connectivity index (χ1n) is 6.34. The lowest BCUT2D eigenvalue weighted by Gasteiger charge is -2.07. The molecule has 0 saturated carbocycles.